The average Bonchev–Trinajstić information content (AvgIpc) is 2.38. The molecule has 96 valence electrons. The van der Waals surface area contributed by atoms with Gasteiger partial charge in [-0.15, -0.1) is 5.10 Å². The molecule has 0 aliphatic carbocycles. The van der Waals surface area contributed by atoms with Crippen molar-refractivity contribution in [2.24, 2.45) is 5.10 Å². The van der Waals surface area contributed by atoms with E-state index in [4.69, 9.17) is 27.9 Å². The van der Waals surface area contributed by atoms with Crippen molar-refractivity contribution in [2.45, 2.75) is 0 Å². The molecule has 19 heavy (non-hydrogen) atoms. The highest BCUT2D eigenvalue weighted by Gasteiger charge is 2.23. The van der Waals surface area contributed by atoms with Crippen LogP contribution in [0.3, 0.4) is 0 Å². The van der Waals surface area contributed by atoms with Crippen LogP contribution in [-0.2, 0) is 0 Å². The molecule has 3 rings (SSSR count). The molecule has 1 aromatic carbocycles. The Labute approximate surface area is 119 Å². The molecular weight excluding hydrogens is 287 g/mol. The van der Waals surface area contributed by atoms with E-state index in [-0.39, 0.29) is 0 Å². The summed E-state index contributed by atoms with van der Waals surface area (Å²) >= 11 is 12.3. The van der Waals surface area contributed by atoms with E-state index in [1.807, 2.05) is 0 Å². The zero-order chi connectivity index (χ0) is 13.4. The van der Waals surface area contributed by atoms with Gasteiger partial charge in [0.2, 0.25) is 5.90 Å². The van der Waals surface area contributed by atoms with Crippen molar-refractivity contribution < 1.29 is 4.74 Å². The summed E-state index contributed by atoms with van der Waals surface area (Å²) in [6.45, 7) is 0. The Bertz CT molecular complexity index is 654. The third-order valence-corrected chi connectivity index (χ3v) is 3.22. The van der Waals surface area contributed by atoms with E-state index in [2.05, 4.69) is 15.1 Å². The van der Waals surface area contributed by atoms with Gasteiger partial charge in [0, 0.05) is 7.05 Å². The van der Waals surface area contributed by atoms with Gasteiger partial charge in [-0.3, -0.25) is 0 Å². The third-order valence-electron chi connectivity index (χ3n) is 2.59. The molecule has 0 spiro atoms. The Balaban J connectivity index is 2.10. The fraction of sp³-hybridized carbons (Fsp3) is 0.0833. The molecule has 0 N–H and O–H groups in total. The number of benzene rings is 1. The Morgan fingerprint density at radius 3 is 2.68 bits per heavy atom. The van der Waals surface area contributed by atoms with Gasteiger partial charge in [0.05, 0.1) is 21.8 Å². The van der Waals surface area contributed by atoms with Gasteiger partial charge in [-0.1, -0.05) is 29.3 Å². The normalized spacial score (nSPS) is 13.6. The minimum atomic E-state index is 0.320. The fourth-order valence-corrected chi connectivity index (χ4v) is 2.30. The second kappa shape index (κ2) is 4.68. The van der Waals surface area contributed by atoms with E-state index in [1.165, 1.54) is 6.33 Å². The van der Waals surface area contributed by atoms with Crippen molar-refractivity contribution in [2.75, 3.05) is 12.1 Å². The van der Waals surface area contributed by atoms with E-state index in [0.717, 1.165) is 0 Å². The van der Waals surface area contributed by atoms with Gasteiger partial charge in [0.25, 0.3) is 0 Å². The van der Waals surface area contributed by atoms with Crippen molar-refractivity contribution in [3.63, 3.8) is 0 Å². The van der Waals surface area contributed by atoms with Crippen molar-refractivity contribution in [3.05, 3.63) is 46.3 Å². The lowest BCUT2D eigenvalue weighted by molar-refractivity contribution is 0.524. The summed E-state index contributed by atoms with van der Waals surface area (Å²) in [5.74, 6) is 1.41. The minimum absolute atomic E-state index is 0.320. The van der Waals surface area contributed by atoms with Gasteiger partial charge < -0.3 is 4.74 Å². The first kappa shape index (κ1) is 12.2. The molecule has 2 aromatic rings. The molecule has 0 bridgehead atoms. The molecular formula is C12H8Cl2N4O. The van der Waals surface area contributed by atoms with Gasteiger partial charge in [0.1, 0.15) is 6.33 Å². The number of nitrogens with zero attached hydrogens (tertiary/aromatic N) is 4. The molecule has 0 saturated carbocycles. The van der Waals surface area contributed by atoms with Gasteiger partial charge in [-0.05, 0) is 12.1 Å². The Kier molecular flexibility index (Phi) is 3.00. The van der Waals surface area contributed by atoms with Crippen LogP contribution in [0.5, 0.6) is 5.75 Å². The lowest BCUT2D eigenvalue weighted by Crippen LogP contribution is -2.25. The number of rotatable bonds is 1. The third kappa shape index (κ3) is 2.11. The number of hydrogen-bond acceptors (Lipinski definition) is 5. The molecule has 1 aliphatic heterocycles. The first-order chi connectivity index (χ1) is 9.16. The highest BCUT2D eigenvalue weighted by molar-refractivity contribution is 6.39. The van der Waals surface area contributed by atoms with Crippen LogP contribution < -0.4 is 9.75 Å². The predicted octanol–water partition coefficient (Wildman–Crippen LogP) is 2.97. The molecule has 7 heteroatoms. The number of anilines is 1. The zero-order valence-corrected chi connectivity index (χ0v) is 11.4. The predicted molar refractivity (Wildman–Crippen MR) is 74.1 cm³/mol. The Morgan fingerprint density at radius 2 is 1.95 bits per heavy atom. The minimum Gasteiger partial charge on any atom is -0.431 e. The first-order valence-electron chi connectivity index (χ1n) is 5.41. The second-order valence-electron chi connectivity index (χ2n) is 3.84. The summed E-state index contributed by atoms with van der Waals surface area (Å²) in [5, 5.41) is 6.82. The van der Waals surface area contributed by atoms with Gasteiger partial charge in [0.15, 0.2) is 11.6 Å². The largest absolute Gasteiger partial charge is 0.431 e. The SMILES string of the molecule is CN1N=C(c2c(Cl)cccc2Cl)Oc2cncnc21. The number of hydrazone groups is 1. The smallest absolute Gasteiger partial charge is 0.247 e. The van der Waals surface area contributed by atoms with Crippen molar-refractivity contribution in [1.82, 2.24) is 9.97 Å². The molecule has 1 aliphatic rings. The standard InChI is InChI=1S/C12H8Cl2N4O/c1-18-11-9(5-15-6-16-11)19-12(17-18)10-7(13)3-2-4-8(10)14/h2-6H,1H3. The van der Waals surface area contributed by atoms with Crippen molar-refractivity contribution in [1.29, 1.82) is 0 Å². The Hall–Kier alpha value is -1.85. The number of ether oxygens (including phenoxy) is 1. The van der Waals surface area contributed by atoms with E-state index in [1.54, 1.807) is 36.5 Å². The molecule has 2 heterocycles. The number of halogens is 2. The average molecular weight is 295 g/mol. The molecule has 5 nitrogen and oxygen atoms in total. The number of aromatic nitrogens is 2. The molecule has 0 fully saturated rings. The van der Waals surface area contributed by atoms with Gasteiger partial charge in [-0.2, -0.15) is 0 Å². The molecule has 0 saturated heterocycles. The molecule has 0 atom stereocenters. The molecule has 0 unspecified atom stereocenters. The highest BCUT2D eigenvalue weighted by Crippen LogP contribution is 2.32. The summed E-state index contributed by atoms with van der Waals surface area (Å²) < 4.78 is 5.66. The van der Waals surface area contributed by atoms with Crippen LogP contribution in [0.1, 0.15) is 5.56 Å². The van der Waals surface area contributed by atoms with Crippen LogP contribution in [0.25, 0.3) is 0 Å². The van der Waals surface area contributed by atoms with Gasteiger partial charge in [-0.25, -0.2) is 15.0 Å². The maximum absolute atomic E-state index is 6.14. The summed E-state index contributed by atoms with van der Waals surface area (Å²) in [6, 6.07) is 5.22. The van der Waals surface area contributed by atoms with Crippen LogP contribution in [-0.4, -0.2) is 22.9 Å². The van der Waals surface area contributed by atoms with Crippen LogP contribution in [0.4, 0.5) is 5.82 Å². The lowest BCUT2D eigenvalue weighted by atomic mass is 10.2. The van der Waals surface area contributed by atoms with Crippen LogP contribution in [0.15, 0.2) is 35.8 Å². The molecule has 0 radical (unpaired) electrons. The zero-order valence-electron chi connectivity index (χ0n) is 9.84. The highest BCUT2D eigenvalue weighted by atomic mass is 35.5. The number of fused-ring (bicyclic) bond motifs is 1. The quantitative estimate of drug-likeness (QED) is 0.811. The lowest BCUT2D eigenvalue weighted by Gasteiger charge is -2.23. The first-order valence-corrected chi connectivity index (χ1v) is 6.17. The maximum Gasteiger partial charge on any atom is 0.247 e. The molecule has 1 aromatic heterocycles. The Morgan fingerprint density at radius 1 is 1.21 bits per heavy atom. The van der Waals surface area contributed by atoms with Crippen molar-refractivity contribution in [3.8, 4) is 5.75 Å². The van der Waals surface area contributed by atoms with E-state index in [0.29, 0.717) is 33.1 Å². The monoisotopic (exact) mass is 294 g/mol. The summed E-state index contributed by atoms with van der Waals surface area (Å²) in [4.78, 5) is 8.01. The van der Waals surface area contributed by atoms with Crippen LogP contribution >= 0.6 is 23.2 Å². The summed E-state index contributed by atoms with van der Waals surface area (Å²) in [5.41, 5.74) is 0.548. The fourth-order valence-electron chi connectivity index (χ4n) is 1.74. The van der Waals surface area contributed by atoms with Crippen LogP contribution in [0, 0.1) is 0 Å². The van der Waals surface area contributed by atoms with E-state index in [9.17, 15) is 0 Å². The van der Waals surface area contributed by atoms with E-state index < -0.39 is 0 Å². The topological polar surface area (TPSA) is 50.6 Å². The van der Waals surface area contributed by atoms with Crippen molar-refractivity contribution >= 4 is 34.9 Å². The second-order valence-corrected chi connectivity index (χ2v) is 4.65. The number of hydrogen-bond donors (Lipinski definition) is 0. The van der Waals surface area contributed by atoms with Gasteiger partial charge >= 0.3 is 0 Å². The maximum atomic E-state index is 6.14. The van der Waals surface area contributed by atoms with Crippen LogP contribution in [0.2, 0.25) is 10.0 Å². The molecule has 0 amide bonds. The van der Waals surface area contributed by atoms with E-state index >= 15 is 0 Å². The summed E-state index contributed by atoms with van der Waals surface area (Å²) in [7, 11) is 1.76. The summed E-state index contributed by atoms with van der Waals surface area (Å²) in [6.07, 6.45) is 3.00.